The first-order valence-corrected chi connectivity index (χ1v) is 4.96. The lowest BCUT2D eigenvalue weighted by Gasteiger charge is -2.07. The minimum absolute atomic E-state index is 0.118. The third kappa shape index (κ3) is 3.77. The van der Waals surface area contributed by atoms with Crippen molar-refractivity contribution in [1.29, 1.82) is 0 Å². The summed E-state index contributed by atoms with van der Waals surface area (Å²) in [7, 11) is 0. The number of nitrogens with two attached hydrogens (primary N) is 2. The number of benzene rings is 1. The van der Waals surface area contributed by atoms with Crippen molar-refractivity contribution >= 4 is 0 Å². The summed E-state index contributed by atoms with van der Waals surface area (Å²) in [4.78, 5) is 0. The van der Waals surface area contributed by atoms with Gasteiger partial charge in [0.2, 0.25) is 0 Å². The van der Waals surface area contributed by atoms with Gasteiger partial charge < -0.3 is 16.6 Å². The zero-order chi connectivity index (χ0) is 10.4. The lowest BCUT2D eigenvalue weighted by Crippen LogP contribution is -2.29. The van der Waals surface area contributed by atoms with Crippen LogP contribution < -0.4 is 11.5 Å². The van der Waals surface area contributed by atoms with Crippen molar-refractivity contribution in [3.05, 3.63) is 29.8 Å². The molecule has 3 nitrogen and oxygen atoms in total. The first-order valence-electron chi connectivity index (χ1n) is 4.96. The molecule has 0 amide bonds. The minimum atomic E-state index is 0.118. The van der Waals surface area contributed by atoms with Crippen LogP contribution >= 0.6 is 0 Å². The first-order chi connectivity index (χ1) is 6.72. The second-order valence-electron chi connectivity index (χ2n) is 3.55. The Morgan fingerprint density at radius 1 is 1.21 bits per heavy atom. The van der Waals surface area contributed by atoms with Gasteiger partial charge in [0.15, 0.2) is 0 Å². The van der Waals surface area contributed by atoms with E-state index < -0.39 is 0 Å². The smallest absolute Gasteiger partial charge is 0.115 e. The number of phenols is 1. The molecule has 0 radical (unpaired) electrons. The molecule has 0 unspecified atom stereocenters. The second-order valence-corrected chi connectivity index (χ2v) is 3.55. The highest BCUT2D eigenvalue weighted by Crippen LogP contribution is 2.11. The molecule has 0 aromatic heterocycles. The maximum atomic E-state index is 9.07. The average molecular weight is 194 g/mol. The monoisotopic (exact) mass is 194 g/mol. The largest absolute Gasteiger partial charge is 0.508 e. The van der Waals surface area contributed by atoms with Crippen LogP contribution in [0.1, 0.15) is 18.4 Å². The highest BCUT2D eigenvalue weighted by Gasteiger charge is 1.99. The maximum absolute atomic E-state index is 9.07. The van der Waals surface area contributed by atoms with Gasteiger partial charge in [-0.25, -0.2) is 0 Å². The van der Waals surface area contributed by atoms with Gasteiger partial charge in [-0.1, -0.05) is 12.1 Å². The van der Waals surface area contributed by atoms with Crippen molar-refractivity contribution < 1.29 is 5.11 Å². The molecule has 5 N–H and O–H groups in total. The Kier molecular flexibility index (Phi) is 4.43. The summed E-state index contributed by atoms with van der Waals surface area (Å²) in [6.07, 6.45) is 2.99. The normalized spacial score (nSPS) is 12.7. The Hall–Kier alpha value is -1.06. The molecule has 3 heteroatoms. The van der Waals surface area contributed by atoms with E-state index in [4.69, 9.17) is 16.6 Å². The van der Waals surface area contributed by atoms with Gasteiger partial charge in [-0.2, -0.15) is 0 Å². The number of aryl methyl sites for hydroxylation is 1. The SMILES string of the molecule is NC[C@H](N)CCCc1ccc(O)cc1. The fourth-order valence-corrected chi connectivity index (χ4v) is 1.35. The van der Waals surface area contributed by atoms with E-state index >= 15 is 0 Å². The molecule has 1 aromatic carbocycles. The van der Waals surface area contributed by atoms with Gasteiger partial charge in [0, 0.05) is 12.6 Å². The fraction of sp³-hybridized carbons (Fsp3) is 0.455. The Morgan fingerprint density at radius 2 is 1.86 bits per heavy atom. The number of rotatable bonds is 5. The molecule has 0 saturated heterocycles. The standard InChI is InChI=1S/C11H18N2O/c12-8-10(13)3-1-2-9-4-6-11(14)7-5-9/h4-7,10,14H,1-3,8,12-13H2/t10-/m1/s1. The van der Waals surface area contributed by atoms with Crippen LogP contribution in [0.15, 0.2) is 24.3 Å². The van der Waals surface area contributed by atoms with E-state index in [1.165, 1.54) is 5.56 Å². The molecule has 0 fully saturated rings. The zero-order valence-electron chi connectivity index (χ0n) is 8.32. The van der Waals surface area contributed by atoms with E-state index in [-0.39, 0.29) is 6.04 Å². The predicted octanol–water partition coefficient (Wildman–Crippen LogP) is 1.00. The van der Waals surface area contributed by atoms with Crippen LogP contribution in [0.4, 0.5) is 0 Å². The molecular formula is C11H18N2O. The van der Waals surface area contributed by atoms with Crippen molar-refractivity contribution in [3.8, 4) is 5.75 Å². The summed E-state index contributed by atoms with van der Waals surface area (Å²) in [5.74, 6) is 0.312. The van der Waals surface area contributed by atoms with E-state index in [2.05, 4.69) is 0 Å². The van der Waals surface area contributed by atoms with E-state index in [0.29, 0.717) is 12.3 Å². The molecule has 1 rings (SSSR count). The van der Waals surface area contributed by atoms with E-state index in [1.807, 2.05) is 12.1 Å². The van der Waals surface area contributed by atoms with Gasteiger partial charge in [0.25, 0.3) is 0 Å². The van der Waals surface area contributed by atoms with Crippen LogP contribution in [-0.2, 0) is 6.42 Å². The summed E-state index contributed by atoms with van der Waals surface area (Å²) in [5, 5.41) is 9.07. The van der Waals surface area contributed by atoms with Crippen LogP contribution in [0.5, 0.6) is 5.75 Å². The number of phenolic OH excluding ortho intramolecular Hbond substituents is 1. The fourth-order valence-electron chi connectivity index (χ4n) is 1.35. The van der Waals surface area contributed by atoms with Crippen molar-refractivity contribution in [3.63, 3.8) is 0 Å². The quantitative estimate of drug-likeness (QED) is 0.654. The molecule has 1 aromatic rings. The summed E-state index contributed by atoms with van der Waals surface area (Å²) in [6, 6.07) is 7.40. The summed E-state index contributed by atoms with van der Waals surface area (Å²) < 4.78 is 0. The highest BCUT2D eigenvalue weighted by molar-refractivity contribution is 5.25. The minimum Gasteiger partial charge on any atom is -0.508 e. The van der Waals surface area contributed by atoms with Crippen molar-refractivity contribution in [2.75, 3.05) is 6.54 Å². The third-order valence-corrected chi connectivity index (χ3v) is 2.28. The van der Waals surface area contributed by atoms with Gasteiger partial charge in [0.05, 0.1) is 0 Å². The molecule has 0 aliphatic carbocycles. The van der Waals surface area contributed by atoms with Crippen molar-refractivity contribution in [2.24, 2.45) is 11.5 Å². The Labute approximate surface area is 84.7 Å². The average Bonchev–Trinajstić information content (AvgIpc) is 2.21. The lowest BCUT2D eigenvalue weighted by molar-refractivity contribution is 0.475. The number of aromatic hydroxyl groups is 1. The lowest BCUT2D eigenvalue weighted by atomic mass is 10.1. The highest BCUT2D eigenvalue weighted by atomic mass is 16.3. The molecule has 0 bridgehead atoms. The molecule has 1 atom stereocenters. The Bertz CT molecular complexity index is 258. The van der Waals surface area contributed by atoms with E-state index in [1.54, 1.807) is 12.1 Å². The molecule has 0 aliphatic rings. The number of hydrogen-bond donors (Lipinski definition) is 3. The molecule has 0 saturated carbocycles. The van der Waals surface area contributed by atoms with E-state index in [0.717, 1.165) is 19.3 Å². The van der Waals surface area contributed by atoms with Crippen LogP contribution in [0, 0.1) is 0 Å². The van der Waals surface area contributed by atoms with Crippen LogP contribution in [0.25, 0.3) is 0 Å². The molecule has 0 spiro atoms. The van der Waals surface area contributed by atoms with Gasteiger partial charge in [-0.3, -0.25) is 0 Å². The first kappa shape index (κ1) is 11.0. The molecule has 0 heterocycles. The molecule has 0 aliphatic heterocycles. The van der Waals surface area contributed by atoms with Crippen LogP contribution in [0.3, 0.4) is 0 Å². The third-order valence-electron chi connectivity index (χ3n) is 2.28. The van der Waals surface area contributed by atoms with Gasteiger partial charge in [0.1, 0.15) is 5.75 Å². The van der Waals surface area contributed by atoms with Crippen LogP contribution in [-0.4, -0.2) is 17.7 Å². The van der Waals surface area contributed by atoms with Crippen LogP contribution in [0.2, 0.25) is 0 Å². The van der Waals surface area contributed by atoms with Crippen molar-refractivity contribution in [2.45, 2.75) is 25.3 Å². The Morgan fingerprint density at radius 3 is 2.43 bits per heavy atom. The summed E-state index contributed by atoms with van der Waals surface area (Å²) >= 11 is 0. The van der Waals surface area contributed by atoms with Crippen molar-refractivity contribution in [1.82, 2.24) is 0 Å². The van der Waals surface area contributed by atoms with Gasteiger partial charge in [-0.15, -0.1) is 0 Å². The predicted molar refractivity (Wildman–Crippen MR) is 58.1 cm³/mol. The summed E-state index contributed by atoms with van der Waals surface area (Å²) in [6.45, 7) is 0.551. The molecule has 78 valence electrons. The Balaban J connectivity index is 2.28. The molecular weight excluding hydrogens is 176 g/mol. The number of hydrogen-bond acceptors (Lipinski definition) is 3. The van der Waals surface area contributed by atoms with Gasteiger partial charge in [-0.05, 0) is 37.0 Å². The maximum Gasteiger partial charge on any atom is 0.115 e. The topological polar surface area (TPSA) is 72.3 Å². The second kappa shape index (κ2) is 5.62. The van der Waals surface area contributed by atoms with E-state index in [9.17, 15) is 0 Å². The summed E-state index contributed by atoms with van der Waals surface area (Å²) in [5.41, 5.74) is 12.3. The molecule has 14 heavy (non-hydrogen) atoms. The zero-order valence-corrected chi connectivity index (χ0v) is 8.32. The van der Waals surface area contributed by atoms with Gasteiger partial charge >= 0.3 is 0 Å².